The average Bonchev–Trinajstić information content (AvgIpc) is 3.02. The second-order valence-corrected chi connectivity index (χ2v) is 23.0. The van der Waals surface area contributed by atoms with Crippen LogP contribution in [0.2, 0.25) is 0 Å². The van der Waals surface area contributed by atoms with E-state index >= 15 is 0 Å². The molecule has 322 valence electrons. The van der Waals surface area contributed by atoms with E-state index in [1.165, 1.54) is 10.1 Å². The van der Waals surface area contributed by atoms with E-state index < -0.39 is 33.2 Å². The first kappa shape index (κ1) is 45.2. The van der Waals surface area contributed by atoms with E-state index in [4.69, 9.17) is 15.0 Å². The molecule has 4 fully saturated rings. The Labute approximate surface area is 338 Å². The molecule has 0 atom stereocenters. The van der Waals surface area contributed by atoms with Gasteiger partial charge in [-0.2, -0.15) is 30.1 Å². The minimum Gasteiger partial charge on any atom is -0.395 e. The number of hydrogen-bond donors (Lipinski definition) is 5. The van der Waals surface area contributed by atoms with E-state index in [1.807, 2.05) is 0 Å². The van der Waals surface area contributed by atoms with Crippen LogP contribution >= 0.6 is 0 Å². The van der Waals surface area contributed by atoms with E-state index in [0.717, 1.165) is 12.8 Å². The molecule has 0 amide bonds. The van der Waals surface area contributed by atoms with Crippen molar-refractivity contribution >= 4 is 17.8 Å². The number of aliphatic hydroxyl groups is 1. The summed E-state index contributed by atoms with van der Waals surface area (Å²) < 4.78 is 0. The number of aromatic nitrogens is 3. The second-order valence-electron chi connectivity index (χ2n) is 23.0. The van der Waals surface area contributed by atoms with Gasteiger partial charge < -0.3 is 35.8 Å². The van der Waals surface area contributed by atoms with E-state index in [-0.39, 0.29) is 48.4 Å². The van der Waals surface area contributed by atoms with Gasteiger partial charge >= 0.3 is 0 Å². The highest BCUT2D eigenvalue weighted by Crippen LogP contribution is 2.48. The fraction of sp³-hybridized carbons (Fsp3) is 0.929. The summed E-state index contributed by atoms with van der Waals surface area (Å²) in [6.45, 7) is 34.7. The minimum atomic E-state index is -0.534. The maximum absolute atomic E-state index is 11.5. The largest absolute Gasteiger partial charge is 0.395 e. The molecule has 0 unspecified atom stereocenters. The van der Waals surface area contributed by atoms with Gasteiger partial charge in [0.1, 0.15) is 0 Å². The van der Waals surface area contributed by atoms with E-state index in [0.29, 0.717) is 56.4 Å². The van der Waals surface area contributed by atoms with Gasteiger partial charge in [0.2, 0.25) is 17.8 Å². The summed E-state index contributed by atoms with van der Waals surface area (Å²) >= 11 is 0. The van der Waals surface area contributed by atoms with Crippen LogP contribution in [0.15, 0.2) is 0 Å². The number of rotatable bonds is 9. The number of hydroxylamine groups is 6. The van der Waals surface area contributed by atoms with Gasteiger partial charge in [0.05, 0.1) is 6.61 Å². The molecular formula is C42H80N10O4. The molecule has 1 aromatic heterocycles. The topological polar surface area (TPSA) is 151 Å². The third kappa shape index (κ3) is 8.55. The van der Waals surface area contributed by atoms with Crippen LogP contribution in [0.25, 0.3) is 0 Å². The average molecular weight is 789 g/mol. The zero-order valence-electron chi connectivity index (χ0n) is 38.2. The number of anilines is 3. The fourth-order valence-corrected chi connectivity index (χ4v) is 11.8. The summed E-state index contributed by atoms with van der Waals surface area (Å²) in [6.07, 6.45) is 5.89. The lowest BCUT2D eigenvalue weighted by molar-refractivity contribution is -0.251. The third-order valence-electron chi connectivity index (χ3n) is 14.2. The predicted octanol–water partition coefficient (Wildman–Crippen LogP) is 6.77. The molecule has 5 heterocycles. The SMILES string of the molecule is CN1C(C)(C)CC(N(c2nc(NCCO)nc(N(C3CC(C)(C)N(O)C(C)(C)C3)C3CC(C)(C)N(O)C(C)(C)C3)n2)C2CC(C)(C)N(O)C(C)(C)C2)CC1(C)C. The van der Waals surface area contributed by atoms with Gasteiger partial charge in [-0.15, -0.1) is 0 Å². The van der Waals surface area contributed by atoms with Crippen molar-refractivity contribution < 1.29 is 20.7 Å². The number of nitrogens with one attached hydrogen (secondary N) is 1. The number of likely N-dealkylation sites (tertiary alicyclic amines) is 1. The van der Waals surface area contributed by atoms with Gasteiger partial charge in [-0.1, -0.05) is 0 Å². The van der Waals surface area contributed by atoms with Crippen molar-refractivity contribution in [2.45, 2.75) is 231 Å². The minimum absolute atomic E-state index is 0.00351. The fourth-order valence-electron chi connectivity index (χ4n) is 11.8. The van der Waals surface area contributed by atoms with E-state index in [9.17, 15) is 20.7 Å². The van der Waals surface area contributed by atoms with Gasteiger partial charge in [-0.3, -0.25) is 4.90 Å². The summed E-state index contributed by atoms with van der Waals surface area (Å²) in [5.74, 6) is 1.58. The monoisotopic (exact) mass is 789 g/mol. The van der Waals surface area contributed by atoms with Gasteiger partial charge in [-0.25, -0.2) is 0 Å². The van der Waals surface area contributed by atoms with Crippen LogP contribution in [-0.2, 0) is 0 Å². The van der Waals surface area contributed by atoms with Crippen LogP contribution in [0.4, 0.5) is 17.8 Å². The molecule has 56 heavy (non-hydrogen) atoms. The molecule has 4 aliphatic rings. The van der Waals surface area contributed by atoms with Crippen molar-refractivity contribution in [3.8, 4) is 0 Å². The first-order valence-electron chi connectivity index (χ1n) is 21.2. The van der Waals surface area contributed by atoms with Crippen LogP contribution in [0.1, 0.15) is 162 Å². The Hall–Kier alpha value is -1.91. The van der Waals surface area contributed by atoms with Crippen molar-refractivity contribution in [3.05, 3.63) is 0 Å². The Morgan fingerprint density at radius 3 is 0.982 bits per heavy atom. The quantitative estimate of drug-likeness (QED) is 0.179. The van der Waals surface area contributed by atoms with Crippen LogP contribution in [0, 0.1) is 0 Å². The lowest BCUT2D eigenvalue weighted by Crippen LogP contribution is -2.68. The van der Waals surface area contributed by atoms with Crippen LogP contribution < -0.4 is 15.1 Å². The first-order chi connectivity index (χ1) is 25.3. The van der Waals surface area contributed by atoms with Crippen molar-refractivity contribution in [1.29, 1.82) is 0 Å². The second kappa shape index (κ2) is 14.7. The lowest BCUT2D eigenvalue weighted by atomic mass is 9.74. The maximum atomic E-state index is 11.5. The molecule has 0 aromatic carbocycles. The van der Waals surface area contributed by atoms with Crippen molar-refractivity contribution in [1.82, 2.24) is 35.0 Å². The third-order valence-corrected chi connectivity index (χ3v) is 14.2. The molecule has 0 aliphatic carbocycles. The summed E-state index contributed by atoms with van der Waals surface area (Å²) in [4.78, 5) is 23.4. The van der Waals surface area contributed by atoms with Crippen molar-refractivity contribution in [2.24, 2.45) is 0 Å². The molecule has 14 nitrogen and oxygen atoms in total. The van der Waals surface area contributed by atoms with Crippen LogP contribution in [-0.4, -0.2) is 144 Å². The molecule has 5 rings (SSSR count). The normalized spacial score (nSPS) is 28.6. The number of hydrogen-bond acceptors (Lipinski definition) is 14. The van der Waals surface area contributed by atoms with E-state index in [1.54, 1.807) is 5.06 Å². The number of nitrogens with zero attached hydrogens (tertiary/aromatic N) is 9. The van der Waals surface area contributed by atoms with Crippen molar-refractivity contribution in [2.75, 3.05) is 35.3 Å². The summed E-state index contributed by atoms with van der Waals surface area (Å²) in [7, 11) is 2.23. The van der Waals surface area contributed by atoms with Gasteiger partial charge in [0.15, 0.2) is 0 Å². The smallest absolute Gasteiger partial charge is 0.232 e. The number of piperidine rings is 4. The molecule has 14 heteroatoms. The zero-order valence-corrected chi connectivity index (χ0v) is 38.2. The Balaban J connectivity index is 1.77. The molecule has 0 saturated carbocycles. The first-order valence-corrected chi connectivity index (χ1v) is 21.2. The lowest BCUT2D eigenvalue weighted by Gasteiger charge is -2.59. The Morgan fingerprint density at radius 2 is 0.732 bits per heavy atom. The highest BCUT2D eigenvalue weighted by molar-refractivity contribution is 5.49. The van der Waals surface area contributed by atoms with Gasteiger partial charge in [-0.05, 0) is 169 Å². The molecule has 4 aliphatic heterocycles. The molecule has 0 bridgehead atoms. The predicted molar refractivity (Wildman–Crippen MR) is 224 cm³/mol. The molecule has 1 aromatic rings. The molecule has 5 N–H and O–H groups in total. The van der Waals surface area contributed by atoms with E-state index in [2.05, 4.69) is 138 Å². The Morgan fingerprint density at radius 1 is 0.482 bits per heavy atom. The van der Waals surface area contributed by atoms with Gasteiger partial charge in [0, 0.05) is 75.0 Å². The molecule has 0 radical (unpaired) electrons. The molecule has 0 spiro atoms. The highest BCUT2D eigenvalue weighted by Gasteiger charge is 2.54. The van der Waals surface area contributed by atoms with Crippen LogP contribution in [0.3, 0.4) is 0 Å². The molecular weight excluding hydrogens is 709 g/mol. The summed E-state index contributed by atoms with van der Waals surface area (Å²) in [5, 5.41) is 52.4. The maximum Gasteiger partial charge on any atom is 0.232 e. The zero-order chi connectivity index (χ0) is 42.4. The Kier molecular flexibility index (Phi) is 11.8. The number of aliphatic hydroxyl groups excluding tert-OH is 1. The highest BCUT2D eigenvalue weighted by atomic mass is 16.5. The van der Waals surface area contributed by atoms with Crippen molar-refractivity contribution in [3.63, 3.8) is 0 Å². The standard InChI is InChI=1S/C42H80N10O4/c1-35(2)20-28(21-36(3,4)47(35)17)48(29-22-37(5,6)50(54)38(7,8)23-29)33-44-32(43-18-19-53)45-34(46-33)49(30-24-39(9,10)51(55)40(11,12)25-30)31-26-41(13,14)52(56)42(15,16)27-31/h28-31,53-56H,18-27H2,1-17H3,(H,43,44,45,46). The molecule has 4 saturated heterocycles. The summed E-state index contributed by atoms with van der Waals surface area (Å²) in [6, 6.07) is -0.00476. The van der Waals surface area contributed by atoms with Gasteiger partial charge in [0.25, 0.3) is 0 Å². The van der Waals surface area contributed by atoms with Crippen LogP contribution in [0.5, 0.6) is 0 Å². The summed E-state index contributed by atoms with van der Waals surface area (Å²) in [5.41, 5.74) is -3.38. The Bertz CT molecular complexity index is 1300.